The van der Waals surface area contributed by atoms with Gasteiger partial charge in [-0.15, -0.1) is 0 Å². The van der Waals surface area contributed by atoms with Crippen molar-refractivity contribution in [3.8, 4) is 22.3 Å². The Labute approximate surface area is 212 Å². The SMILES string of the molecule is Cc1ccc(-c2ccc3c(c(N)cc4c5ccccc5c(N)cc34)c2-c2ccc(C)c(C)c2)cc1C. The van der Waals surface area contributed by atoms with Crippen molar-refractivity contribution in [1.29, 1.82) is 0 Å². The fourth-order valence-electron chi connectivity index (χ4n) is 5.51. The Balaban J connectivity index is 1.80. The van der Waals surface area contributed by atoms with Crippen LogP contribution in [0.25, 0.3) is 54.6 Å². The summed E-state index contributed by atoms with van der Waals surface area (Å²) >= 11 is 0. The van der Waals surface area contributed by atoms with Gasteiger partial charge in [0.15, 0.2) is 0 Å². The smallest absolute Gasteiger partial charge is 0.0406 e. The molecule has 176 valence electrons. The standard InChI is InChI=1S/C34H30N2/c1-19-9-11-23(15-21(19)3)25-13-14-28-30-17-31(35)27-8-6-5-7-26(27)29(30)18-32(36)34(28)33(25)24-12-10-20(2)22(4)16-24/h5-18H,35-36H2,1-4H3. The number of rotatable bonds is 2. The average Bonchev–Trinajstić information content (AvgIpc) is 2.88. The molecule has 6 rings (SSSR count). The lowest BCUT2D eigenvalue weighted by Crippen LogP contribution is -1.97. The molecule has 0 amide bonds. The molecule has 36 heavy (non-hydrogen) atoms. The summed E-state index contributed by atoms with van der Waals surface area (Å²) in [5.41, 5.74) is 24.9. The molecule has 0 radical (unpaired) electrons. The first-order valence-corrected chi connectivity index (χ1v) is 12.4. The fraction of sp³-hybridized carbons (Fsp3) is 0.118. The zero-order valence-electron chi connectivity index (χ0n) is 21.2. The van der Waals surface area contributed by atoms with E-state index in [2.05, 4.69) is 107 Å². The molecule has 0 bridgehead atoms. The van der Waals surface area contributed by atoms with Crippen LogP contribution in [-0.2, 0) is 0 Å². The molecule has 0 saturated carbocycles. The van der Waals surface area contributed by atoms with E-state index in [1.54, 1.807) is 0 Å². The van der Waals surface area contributed by atoms with Gasteiger partial charge in [0.05, 0.1) is 0 Å². The maximum Gasteiger partial charge on any atom is 0.0406 e. The number of hydrogen-bond acceptors (Lipinski definition) is 2. The van der Waals surface area contributed by atoms with E-state index in [1.807, 2.05) is 6.07 Å². The number of anilines is 2. The molecule has 4 N–H and O–H groups in total. The van der Waals surface area contributed by atoms with Crippen molar-refractivity contribution in [3.63, 3.8) is 0 Å². The highest BCUT2D eigenvalue weighted by atomic mass is 14.6. The molecule has 0 spiro atoms. The minimum atomic E-state index is 0.784. The molecule has 0 saturated heterocycles. The molecule has 0 unspecified atom stereocenters. The van der Waals surface area contributed by atoms with Gasteiger partial charge in [-0.2, -0.15) is 0 Å². The molecule has 0 aliphatic carbocycles. The van der Waals surface area contributed by atoms with Crippen LogP contribution in [0.15, 0.2) is 84.9 Å². The van der Waals surface area contributed by atoms with Gasteiger partial charge in [-0.25, -0.2) is 0 Å². The van der Waals surface area contributed by atoms with Gasteiger partial charge in [0.25, 0.3) is 0 Å². The third kappa shape index (κ3) is 3.33. The number of aryl methyl sites for hydroxylation is 4. The van der Waals surface area contributed by atoms with E-state index in [4.69, 9.17) is 11.5 Å². The van der Waals surface area contributed by atoms with Crippen LogP contribution >= 0.6 is 0 Å². The molecule has 2 nitrogen and oxygen atoms in total. The zero-order chi connectivity index (χ0) is 25.1. The van der Waals surface area contributed by atoms with E-state index >= 15 is 0 Å². The third-order valence-corrected chi connectivity index (χ3v) is 7.82. The molecule has 0 fully saturated rings. The molecule has 0 heterocycles. The Kier molecular flexibility index (Phi) is 5.01. The van der Waals surface area contributed by atoms with Gasteiger partial charge in [-0.3, -0.25) is 0 Å². The van der Waals surface area contributed by atoms with Crippen molar-refractivity contribution >= 4 is 43.7 Å². The molecule has 0 aliphatic rings. The van der Waals surface area contributed by atoms with Crippen LogP contribution in [0.4, 0.5) is 11.4 Å². The molecule has 0 aromatic heterocycles. The van der Waals surface area contributed by atoms with Gasteiger partial charge < -0.3 is 11.5 Å². The van der Waals surface area contributed by atoms with Gasteiger partial charge in [0.1, 0.15) is 0 Å². The first-order chi connectivity index (χ1) is 17.3. The van der Waals surface area contributed by atoms with Crippen molar-refractivity contribution in [1.82, 2.24) is 0 Å². The molecular formula is C34H30N2. The molecule has 0 aliphatic heterocycles. The molecule has 0 atom stereocenters. The van der Waals surface area contributed by atoms with Crippen molar-refractivity contribution in [3.05, 3.63) is 107 Å². The van der Waals surface area contributed by atoms with Crippen LogP contribution in [0, 0.1) is 27.7 Å². The number of benzene rings is 6. The molecule has 6 aromatic carbocycles. The van der Waals surface area contributed by atoms with Crippen molar-refractivity contribution in [2.45, 2.75) is 27.7 Å². The summed E-state index contributed by atoms with van der Waals surface area (Å²) in [6, 6.07) is 30.4. The summed E-state index contributed by atoms with van der Waals surface area (Å²) < 4.78 is 0. The quantitative estimate of drug-likeness (QED) is 0.198. The van der Waals surface area contributed by atoms with E-state index in [0.717, 1.165) is 43.7 Å². The van der Waals surface area contributed by atoms with Crippen molar-refractivity contribution in [2.24, 2.45) is 0 Å². The van der Waals surface area contributed by atoms with E-state index in [1.165, 1.54) is 44.5 Å². The number of nitrogens with two attached hydrogens (primary N) is 2. The summed E-state index contributed by atoms with van der Waals surface area (Å²) in [7, 11) is 0. The predicted molar refractivity (Wildman–Crippen MR) is 158 cm³/mol. The summed E-state index contributed by atoms with van der Waals surface area (Å²) in [5.74, 6) is 0. The van der Waals surface area contributed by atoms with Gasteiger partial charge in [-0.05, 0) is 106 Å². The van der Waals surface area contributed by atoms with Crippen molar-refractivity contribution < 1.29 is 0 Å². The van der Waals surface area contributed by atoms with E-state index in [9.17, 15) is 0 Å². The maximum atomic E-state index is 6.93. The van der Waals surface area contributed by atoms with E-state index < -0.39 is 0 Å². The van der Waals surface area contributed by atoms with Crippen molar-refractivity contribution in [2.75, 3.05) is 11.5 Å². The van der Waals surface area contributed by atoms with Crippen LogP contribution in [0.5, 0.6) is 0 Å². The van der Waals surface area contributed by atoms with Gasteiger partial charge >= 0.3 is 0 Å². The van der Waals surface area contributed by atoms with Gasteiger partial charge in [0, 0.05) is 22.1 Å². The topological polar surface area (TPSA) is 52.0 Å². The second-order valence-corrected chi connectivity index (χ2v) is 10.1. The Morgan fingerprint density at radius 1 is 0.444 bits per heavy atom. The molecular weight excluding hydrogens is 436 g/mol. The monoisotopic (exact) mass is 466 g/mol. The van der Waals surface area contributed by atoms with Crippen LogP contribution in [0.2, 0.25) is 0 Å². The first-order valence-electron chi connectivity index (χ1n) is 12.4. The number of hydrogen-bond donors (Lipinski definition) is 2. The fourth-order valence-corrected chi connectivity index (χ4v) is 5.51. The molecule has 2 heteroatoms. The lowest BCUT2D eigenvalue weighted by molar-refractivity contribution is 1.34. The van der Waals surface area contributed by atoms with Crippen LogP contribution < -0.4 is 11.5 Å². The highest BCUT2D eigenvalue weighted by Crippen LogP contribution is 2.45. The second-order valence-electron chi connectivity index (χ2n) is 10.1. The molecule has 6 aromatic rings. The lowest BCUT2D eigenvalue weighted by Gasteiger charge is -2.19. The maximum absolute atomic E-state index is 6.93. The first kappa shape index (κ1) is 22.2. The van der Waals surface area contributed by atoms with E-state index in [-0.39, 0.29) is 0 Å². The van der Waals surface area contributed by atoms with Crippen LogP contribution in [0.3, 0.4) is 0 Å². The highest BCUT2D eigenvalue weighted by Gasteiger charge is 2.18. The summed E-state index contributed by atoms with van der Waals surface area (Å²) in [4.78, 5) is 0. The van der Waals surface area contributed by atoms with E-state index in [0.29, 0.717) is 0 Å². The number of nitrogen functional groups attached to an aromatic ring is 2. The summed E-state index contributed by atoms with van der Waals surface area (Å²) in [6.07, 6.45) is 0. The number of fused-ring (bicyclic) bond motifs is 5. The van der Waals surface area contributed by atoms with Gasteiger partial charge in [-0.1, -0.05) is 72.8 Å². The minimum Gasteiger partial charge on any atom is -0.398 e. The highest BCUT2D eigenvalue weighted by molar-refractivity contribution is 6.26. The van der Waals surface area contributed by atoms with Gasteiger partial charge in [0.2, 0.25) is 0 Å². The average molecular weight is 467 g/mol. The Morgan fingerprint density at radius 2 is 1.03 bits per heavy atom. The summed E-state index contributed by atoms with van der Waals surface area (Å²) in [5, 5.41) is 6.67. The lowest BCUT2D eigenvalue weighted by atomic mass is 9.85. The van der Waals surface area contributed by atoms with Crippen LogP contribution in [0.1, 0.15) is 22.3 Å². The summed E-state index contributed by atoms with van der Waals surface area (Å²) in [6.45, 7) is 8.65. The third-order valence-electron chi connectivity index (χ3n) is 7.82. The Hall–Kier alpha value is -4.30. The zero-order valence-corrected chi connectivity index (χ0v) is 21.2. The Bertz CT molecular complexity index is 1840. The predicted octanol–water partition coefficient (Wildman–Crippen LogP) is 8.88. The minimum absolute atomic E-state index is 0.784. The largest absolute Gasteiger partial charge is 0.398 e. The second kappa shape index (κ2) is 8.13. The normalized spacial score (nSPS) is 11.6. The Morgan fingerprint density at radius 3 is 1.72 bits per heavy atom. The van der Waals surface area contributed by atoms with Crippen LogP contribution in [-0.4, -0.2) is 0 Å².